The molecule has 0 amide bonds. The lowest BCUT2D eigenvalue weighted by molar-refractivity contribution is 0.0381. The highest BCUT2D eigenvalue weighted by Gasteiger charge is 2.32. The monoisotopic (exact) mass is 265 g/mol. The van der Waals surface area contributed by atoms with Crippen molar-refractivity contribution in [3.63, 3.8) is 0 Å². The fourth-order valence-electron chi connectivity index (χ4n) is 1.53. The Labute approximate surface area is 106 Å². The zero-order valence-electron chi connectivity index (χ0n) is 10.1. The molecule has 0 saturated carbocycles. The molecule has 2 atom stereocenters. The third-order valence-electron chi connectivity index (χ3n) is 2.56. The van der Waals surface area contributed by atoms with Gasteiger partial charge in [-0.1, -0.05) is 26.8 Å². The SMILES string of the molecule is CC(C)(C)[C@H](O)[C@H](N)c1c(F)cccc1F.Cl. The summed E-state index contributed by atoms with van der Waals surface area (Å²) in [6.07, 6.45) is -1.01. The topological polar surface area (TPSA) is 46.2 Å². The second kappa shape index (κ2) is 5.76. The number of aliphatic hydroxyl groups excluding tert-OH is 1. The highest BCUT2D eigenvalue weighted by atomic mass is 35.5. The largest absolute Gasteiger partial charge is 0.391 e. The first-order chi connectivity index (χ1) is 7.25. The summed E-state index contributed by atoms with van der Waals surface area (Å²) in [6.45, 7) is 5.28. The lowest BCUT2D eigenvalue weighted by Crippen LogP contribution is -2.37. The predicted molar refractivity (Wildman–Crippen MR) is 66.0 cm³/mol. The normalized spacial score (nSPS) is 15.0. The summed E-state index contributed by atoms with van der Waals surface area (Å²) in [4.78, 5) is 0. The molecule has 5 heteroatoms. The van der Waals surface area contributed by atoms with Gasteiger partial charge in [-0.15, -0.1) is 12.4 Å². The molecule has 0 aliphatic heterocycles. The highest BCUT2D eigenvalue weighted by Crippen LogP contribution is 2.30. The molecule has 0 bridgehead atoms. The maximum absolute atomic E-state index is 13.4. The first-order valence-corrected chi connectivity index (χ1v) is 5.12. The molecule has 0 radical (unpaired) electrons. The molecule has 1 aromatic rings. The molecule has 0 fully saturated rings. The molecule has 3 N–H and O–H groups in total. The molecule has 0 aromatic heterocycles. The summed E-state index contributed by atoms with van der Waals surface area (Å²) in [5, 5.41) is 9.90. The molecule has 0 spiro atoms. The van der Waals surface area contributed by atoms with Crippen LogP contribution < -0.4 is 5.73 Å². The average molecular weight is 266 g/mol. The van der Waals surface area contributed by atoms with Gasteiger partial charge in [-0.25, -0.2) is 8.78 Å². The Kier molecular flexibility index (Phi) is 5.52. The molecule has 2 nitrogen and oxygen atoms in total. The second-order valence-corrected chi connectivity index (χ2v) is 4.97. The van der Waals surface area contributed by atoms with Crippen LogP contribution in [0.15, 0.2) is 18.2 Å². The fourth-order valence-corrected chi connectivity index (χ4v) is 1.53. The Hall–Kier alpha value is -0.710. The Morgan fingerprint density at radius 1 is 1.18 bits per heavy atom. The van der Waals surface area contributed by atoms with Gasteiger partial charge in [-0.05, 0) is 17.5 Å². The van der Waals surface area contributed by atoms with Gasteiger partial charge in [0.15, 0.2) is 0 Å². The lowest BCUT2D eigenvalue weighted by atomic mass is 9.82. The number of aliphatic hydroxyl groups is 1. The van der Waals surface area contributed by atoms with Crippen LogP contribution in [-0.2, 0) is 0 Å². The summed E-state index contributed by atoms with van der Waals surface area (Å²) < 4.78 is 26.8. The van der Waals surface area contributed by atoms with Crippen LogP contribution in [-0.4, -0.2) is 11.2 Å². The van der Waals surface area contributed by atoms with E-state index in [1.807, 2.05) is 0 Å². The summed E-state index contributed by atoms with van der Waals surface area (Å²) in [6, 6.07) is 2.47. The van der Waals surface area contributed by atoms with Gasteiger partial charge in [0.2, 0.25) is 0 Å². The van der Waals surface area contributed by atoms with E-state index in [9.17, 15) is 13.9 Å². The van der Waals surface area contributed by atoms with Crippen molar-refractivity contribution in [1.82, 2.24) is 0 Å². The van der Waals surface area contributed by atoms with Gasteiger partial charge in [0.1, 0.15) is 11.6 Å². The van der Waals surface area contributed by atoms with E-state index in [-0.39, 0.29) is 18.0 Å². The Bertz CT molecular complexity index is 359. The molecule has 0 aliphatic rings. The van der Waals surface area contributed by atoms with Gasteiger partial charge in [0.25, 0.3) is 0 Å². The first-order valence-electron chi connectivity index (χ1n) is 5.12. The first kappa shape index (κ1) is 16.3. The summed E-state index contributed by atoms with van der Waals surface area (Å²) in [5.74, 6) is -1.45. The number of halogens is 3. The smallest absolute Gasteiger partial charge is 0.131 e. The molecular weight excluding hydrogens is 248 g/mol. The molecule has 17 heavy (non-hydrogen) atoms. The quantitative estimate of drug-likeness (QED) is 0.864. The molecule has 1 aromatic carbocycles. The van der Waals surface area contributed by atoms with E-state index < -0.39 is 29.2 Å². The van der Waals surface area contributed by atoms with Crippen molar-refractivity contribution in [3.05, 3.63) is 35.4 Å². The Morgan fingerprint density at radius 2 is 1.59 bits per heavy atom. The number of benzene rings is 1. The molecule has 0 unspecified atom stereocenters. The van der Waals surface area contributed by atoms with Crippen LogP contribution in [0.25, 0.3) is 0 Å². The minimum absolute atomic E-state index is 0. The lowest BCUT2D eigenvalue weighted by Gasteiger charge is -2.31. The highest BCUT2D eigenvalue weighted by molar-refractivity contribution is 5.85. The average Bonchev–Trinajstić information content (AvgIpc) is 2.14. The van der Waals surface area contributed by atoms with E-state index in [1.54, 1.807) is 20.8 Å². The Morgan fingerprint density at radius 3 is 1.94 bits per heavy atom. The van der Waals surface area contributed by atoms with E-state index in [0.29, 0.717) is 0 Å². The van der Waals surface area contributed by atoms with Gasteiger partial charge in [-0.2, -0.15) is 0 Å². The maximum Gasteiger partial charge on any atom is 0.131 e. The molecule has 0 aliphatic carbocycles. The molecule has 98 valence electrons. The van der Waals surface area contributed by atoms with Gasteiger partial charge in [0.05, 0.1) is 12.1 Å². The van der Waals surface area contributed by atoms with Crippen molar-refractivity contribution in [3.8, 4) is 0 Å². The third-order valence-corrected chi connectivity index (χ3v) is 2.56. The molecule has 1 rings (SSSR count). The number of rotatable bonds is 2. The van der Waals surface area contributed by atoms with Crippen LogP contribution in [0.5, 0.6) is 0 Å². The van der Waals surface area contributed by atoms with Gasteiger partial charge in [0, 0.05) is 5.56 Å². The van der Waals surface area contributed by atoms with Crippen molar-refractivity contribution in [2.75, 3.05) is 0 Å². The second-order valence-electron chi connectivity index (χ2n) is 4.97. The van der Waals surface area contributed by atoms with Crippen LogP contribution in [0.3, 0.4) is 0 Å². The fraction of sp³-hybridized carbons (Fsp3) is 0.500. The van der Waals surface area contributed by atoms with Crippen molar-refractivity contribution >= 4 is 12.4 Å². The summed E-state index contributed by atoms with van der Waals surface area (Å²) in [5.41, 5.74) is 4.90. The minimum atomic E-state index is -1.07. The van der Waals surface area contributed by atoms with Crippen molar-refractivity contribution < 1.29 is 13.9 Å². The van der Waals surface area contributed by atoms with Crippen LogP contribution >= 0.6 is 12.4 Å². The number of nitrogens with two attached hydrogens (primary N) is 1. The van der Waals surface area contributed by atoms with Crippen LogP contribution in [0, 0.1) is 17.0 Å². The van der Waals surface area contributed by atoms with Crippen molar-refractivity contribution in [2.45, 2.75) is 32.9 Å². The van der Waals surface area contributed by atoms with Crippen LogP contribution in [0.2, 0.25) is 0 Å². The van der Waals surface area contributed by atoms with E-state index in [0.717, 1.165) is 12.1 Å². The third kappa shape index (κ3) is 3.63. The summed E-state index contributed by atoms with van der Waals surface area (Å²) >= 11 is 0. The standard InChI is InChI=1S/C12H17F2NO.ClH/c1-12(2,3)11(16)10(15)9-7(13)5-4-6-8(9)14;/h4-6,10-11,16H,15H2,1-3H3;1H/t10-,11-;/m1./s1. The number of hydrogen-bond donors (Lipinski definition) is 2. The molecular formula is C12H18ClF2NO. The zero-order chi connectivity index (χ0) is 12.5. The van der Waals surface area contributed by atoms with Crippen LogP contribution in [0.4, 0.5) is 8.78 Å². The Balaban J connectivity index is 0.00000256. The van der Waals surface area contributed by atoms with E-state index >= 15 is 0 Å². The molecule has 0 saturated heterocycles. The predicted octanol–water partition coefficient (Wildman–Crippen LogP) is 2.79. The van der Waals surface area contributed by atoms with E-state index in [2.05, 4.69) is 0 Å². The van der Waals surface area contributed by atoms with E-state index in [4.69, 9.17) is 5.73 Å². The van der Waals surface area contributed by atoms with Crippen molar-refractivity contribution in [2.24, 2.45) is 11.1 Å². The van der Waals surface area contributed by atoms with Gasteiger partial charge in [-0.3, -0.25) is 0 Å². The van der Waals surface area contributed by atoms with Crippen LogP contribution in [0.1, 0.15) is 32.4 Å². The number of hydrogen-bond acceptors (Lipinski definition) is 2. The maximum atomic E-state index is 13.4. The summed E-state index contributed by atoms with van der Waals surface area (Å²) in [7, 11) is 0. The minimum Gasteiger partial charge on any atom is -0.391 e. The van der Waals surface area contributed by atoms with Gasteiger partial charge >= 0.3 is 0 Å². The molecule has 0 heterocycles. The zero-order valence-corrected chi connectivity index (χ0v) is 10.9. The van der Waals surface area contributed by atoms with Gasteiger partial charge < -0.3 is 10.8 Å². The van der Waals surface area contributed by atoms with E-state index in [1.165, 1.54) is 6.07 Å². The van der Waals surface area contributed by atoms with Crippen molar-refractivity contribution in [1.29, 1.82) is 0 Å².